The summed E-state index contributed by atoms with van der Waals surface area (Å²) in [5, 5.41) is 57.7. The molecule has 81 heavy (non-hydrogen) atoms. The molecule has 4 unspecified atom stereocenters. The number of aliphatic hydroxyl groups is 3. The lowest BCUT2D eigenvalue weighted by molar-refractivity contribution is -0.160. The standard InChI is InChI=1S/C46H60N4O11.C13H16ClN3O.CH4O/c1-23(2)22-50-18-16-46(17-19-50)48-34-31-32-39(55)29(8)42-33(31)43(57)45(9,61-42)59-21-11-14-25(4)41(60-30(52)15-20-51)28(7)38(54)27(6)37(53)24(3)12-10-13-26(5)44(58)47-36(40(32)56)35(34)49-46;1-16-6-4-10(5-7-16)17-12-3-2-9(14)8-11(12)15-13(17)18;1-2/h10-13,20-21,23-25,27-28,37-38,41,53-56H,14-19,22H2,1-9H3,(H,47,58);2-3,8,10H,4-7H2,1H3,(H,15,18);2H,1H3/b12-10+,21-11+,26-13-;;/t24?,25-,27-,28-,37+,38?,41?,45?;;/m1../s1. The molecule has 0 aliphatic carbocycles. The van der Waals surface area contributed by atoms with E-state index in [0.29, 0.717) is 49.2 Å². The average Bonchev–Trinajstić information content (AvgIpc) is 3.52. The number of ether oxygens (including phenoxy) is 3. The van der Waals surface area contributed by atoms with Gasteiger partial charge in [0.25, 0.3) is 11.7 Å². The molecule has 1 spiro atoms. The second-order valence-electron chi connectivity index (χ2n) is 22.9. The quantitative estimate of drug-likeness (QED) is 0.0467. The molecule has 3 aromatic carbocycles. The summed E-state index contributed by atoms with van der Waals surface area (Å²) >= 11 is 5.95. The molecule has 8 atom stereocenters. The lowest BCUT2D eigenvalue weighted by Crippen LogP contribution is -2.44. The maximum absolute atomic E-state index is 14.6. The predicted octanol–water partition coefficient (Wildman–Crippen LogP) is 6.55. The smallest absolute Gasteiger partial charge is 0.326 e. The van der Waals surface area contributed by atoms with Gasteiger partial charge in [0.2, 0.25) is 0 Å². The van der Waals surface area contributed by atoms with E-state index in [4.69, 9.17) is 40.9 Å². The Bertz CT molecular complexity index is 3300. The van der Waals surface area contributed by atoms with Crippen molar-refractivity contribution < 1.29 is 58.9 Å². The Morgan fingerprint density at radius 3 is 2.27 bits per heavy atom. The second kappa shape index (κ2) is 25.8. The number of nitrogens with one attached hydrogen (secondary N) is 2. The number of hydrogen-bond acceptors (Lipinski definition) is 17. The molecule has 6 aliphatic heterocycles. The zero-order valence-electron chi connectivity index (χ0n) is 48.3. The van der Waals surface area contributed by atoms with E-state index in [2.05, 4.69) is 41.0 Å². The molecule has 0 saturated carbocycles. The predicted molar refractivity (Wildman–Crippen MR) is 308 cm³/mol. The molecule has 440 valence electrons. The Hall–Kier alpha value is -6.42. The molecule has 10 rings (SSSR count). The number of rotatable bonds is 6. The van der Waals surface area contributed by atoms with E-state index < -0.39 is 83.3 Å². The number of piperidine rings is 2. The molecule has 7 heterocycles. The van der Waals surface area contributed by atoms with Gasteiger partial charge in [0.15, 0.2) is 11.4 Å². The van der Waals surface area contributed by atoms with E-state index >= 15 is 0 Å². The van der Waals surface area contributed by atoms with Gasteiger partial charge >= 0.3 is 17.4 Å². The first kappa shape index (κ1) is 62.2. The van der Waals surface area contributed by atoms with E-state index in [0.717, 1.165) is 50.6 Å². The number of aliphatic hydroxyl groups excluding tert-OH is 3. The number of fused-ring (bicyclic) bond motifs is 14. The normalized spacial score (nSPS) is 27.8. The second-order valence-corrected chi connectivity index (χ2v) is 23.3. The topological polar surface area (TPSA) is 278 Å². The lowest BCUT2D eigenvalue weighted by atomic mass is 9.79. The molecule has 2 fully saturated rings. The number of aromatic hydroxyl groups is 2. The number of amides is 1. The van der Waals surface area contributed by atoms with Crippen LogP contribution in [0.4, 0.5) is 5.69 Å². The molecule has 1 aromatic heterocycles. The van der Waals surface area contributed by atoms with Crippen LogP contribution in [0.5, 0.6) is 17.2 Å². The number of benzene rings is 3. The Morgan fingerprint density at radius 1 is 0.951 bits per heavy atom. The number of aromatic amines is 1. The highest BCUT2D eigenvalue weighted by atomic mass is 35.5. The number of anilines is 1. The number of aldehydes is 1. The number of allylic oxidation sites excluding steroid dienone is 3. The minimum absolute atomic E-state index is 0.0261. The van der Waals surface area contributed by atoms with Gasteiger partial charge < -0.3 is 64.6 Å². The summed E-state index contributed by atoms with van der Waals surface area (Å²) in [5.74, 6) is -6.54. The summed E-state index contributed by atoms with van der Waals surface area (Å²) in [6.45, 7) is 20.2. The van der Waals surface area contributed by atoms with Crippen LogP contribution in [0.15, 0.2) is 69.1 Å². The highest BCUT2D eigenvalue weighted by Crippen LogP contribution is 2.50. The van der Waals surface area contributed by atoms with Gasteiger partial charge in [-0.2, -0.15) is 0 Å². The van der Waals surface area contributed by atoms with Crippen LogP contribution in [0.2, 0.25) is 5.02 Å². The van der Waals surface area contributed by atoms with Crippen molar-refractivity contribution in [3.05, 3.63) is 91.7 Å². The van der Waals surface area contributed by atoms with Gasteiger partial charge in [-0.3, -0.25) is 28.9 Å². The van der Waals surface area contributed by atoms with Crippen LogP contribution in [-0.2, 0) is 23.9 Å². The number of ketones is 1. The lowest BCUT2D eigenvalue weighted by Gasteiger charge is -2.36. The molecule has 20 nitrogen and oxygen atoms in total. The summed E-state index contributed by atoms with van der Waals surface area (Å²) < 4.78 is 19.9. The highest BCUT2D eigenvalue weighted by molar-refractivity contribution is 6.31. The Kier molecular flexibility index (Phi) is 19.8. The summed E-state index contributed by atoms with van der Waals surface area (Å²) in [4.78, 5) is 82.2. The fraction of sp³-hybridized carbons (Fsp3) is 0.550. The first-order chi connectivity index (χ1) is 38.4. The average molecular weight is 1140 g/mol. The summed E-state index contributed by atoms with van der Waals surface area (Å²) in [6, 6.07) is 5.86. The number of aromatic nitrogens is 2. The van der Waals surface area contributed by atoms with Crippen LogP contribution < -0.4 is 26.5 Å². The van der Waals surface area contributed by atoms with Crippen LogP contribution in [0, 0.1) is 36.5 Å². The van der Waals surface area contributed by atoms with E-state index in [1.165, 1.54) is 13.2 Å². The molecule has 21 heteroatoms. The minimum Gasteiger partial charge on any atom is -0.507 e. The van der Waals surface area contributed by atoms with Crippen LogP contribution in [0.25, 0.3) is 21.8 Å². The number of imidazole rings is 1. The van der Waals surface area contributed by atoms with Crippen molar-refractivity contribution in [3.63, 3.8) is 0 Å². The van der Waals surface area contributed by atoms with Crippen molar-refractivity contribution in [1.29, 1.82) is 0 Å². The fourth-order valence-electron chi connectivity index (χ4n) is 11.7. The molecule has 7 N–H and O–H groups in total. The molecule has 2 saturated heterocycles. The highest BCUT2D eigenvalue weighted by Gasteiger charge is 2.50. The SMILES string of the molecule is C/C1=C/C=C/C(C)[C@H](O)[C@@H](C)C(O)[C@@H](C)C(OC(=O)CC=O)[C@H](C)C/C=C/OC2(C)Oc3c(C)c(O)c4c(O)c(c5c(c4c3C2=O)=NC2(CCN(CC(C)C)CC2)N=5)NC1=O.CN1CCC(n2c(=O)[nH]c3cc(Cl)ccc32)CC1.CO. The van der Waals surface area contributed by atoms with Gasteiger partial charge in [-0.15, -0.1) is 0 Å². The third-order valence-electron chi connectivity index (χ3n) is 16.4. The van der Waals surface area contributed by atoms with Gasteiger partial charge in [-0.05, 0) is 89.4 Å². The maximum Gasteiger partial charge on any atom is 0.326 e. The number of H-pyrrole nitrogens is 1. The maximum atomic E-state index is 14.6. The molecular weight excluding hydrogens is 1060 g/mol. The first-order valence-electron chi connectivity index (χ1n) is 27.9. The number of esters is 1. The summed E-state index contributed by atoms with van der Waals surface area (Å²) in [6.07, 6.45) is 8.05. The molecule has 6 aliphatic rings. The van der Waals surface area contributed by atoms with E-state index in [1.807, 2.05) is 22.8 Å². The number of hydrogen-bond donors (Lipinski definition) is 7. The van der Waals surface area contributed by atoms with Crippen molar-refractivity contribution in [2.24, 2.45) is 39.6 Å². The third-order valence-corrected chi connectivity index (χ3v) is 16.7. The van der Waals surface area contributed by atoms with Crippen molar-refractivity contribution in [2.75, 3.05) is 52.2 Å². The minimum atomic E-state index is -1.93. The van der Waals surface area contributed by atoms with Crippen molar-refractivity contribution >= 4 is 63.0 Å². The van der Waals surface area contributed by atoms with E-state index in [-0.39, 0.29) is 67.5 Å². The summed E-state index contributed by atoms with van der Waals surface area (Å²) in [7, 11) is 3.12. The number of carbonyl (C=O) groups excluding carboxylic acids is 4. The third kappa shape index (κ3) is 13.0. The largest absolute Gasteiger partial charge is 0.507 e. The fourth-order valence-corrected chi connectivity index (χ4v) is 11.9. The number of likely N-dealkylation sites (tertiary alicyclic amines) is 2. The number of Topliss-reactive ketones (excluding diaryl/α,β-unsaturated/α-hetero) is 1. The zero-order valence-corrected chi connectivity index (χ0v) is 49.0. The van der Waals surface area contributed by atoms with E-state index in [9.17, 15) is 44.4 Å². The van der Waals surface area contributed by atoms with Gasteiger partial charge in [0, 0.05) is 91.9 Å². The van der Waals surface area contributed by atoms with E-state index in [1.54, 1.807) is 65.8 Å². The van der Waals surface area contributed by atoms with Crippen molar-refractivity contribution in [1.82, 2.24) is 19.4 Å². The van der Waals surface area contributed by atoms with Crippen LogP contribution in [0.1, 0.15) is 116 Å². The Balaban J connectivity index is 0.000000395. The number of nitrogens with zero attached hydrogens (tertiary/aromatic N) is 5. The zero-order chi connectivity index (χ0) is 59.4. The monoisotopic (exact) mass is 1140 g/mol. The van der Waals surface area contributed by atoms with Crippen LogP contribution in [0.3, 0.4) is 0 Å². The number of phenolic OH excluding ortho intramolecular Hbond substituents is 2. The number of halogens is 1. The molecule has 0 radical (unpaired) electrons. The van der Waals surface area contributed by atoms with Gasteiger partial charge in [-0.25, -0.2) is 4.79 Å². The van der Waals surface area contributed by atoms with Gasteiger partial charge in [-0.1, -0.05) is 71.4 Å². The molecule has 5 bridgehead atoms. The van der Waals surface area contributed by atoms with Crippen molar-refractivity contribution in [3.8, 4) is 17.2 Å². The molecule has 4 aromatic rings. The molecule has 1 amide bonds. The molecular formula is C60H80ClN7O13. The Morgan fingerprint density at radius 2 is 1.62 bits per heavy atom. The number of carbonyl (C=O) groups is 4. The first-order valence-corrected chi connectivity index (χ1v) is 28.3. The van der Waals surface area contributed by atoms with Gasteiger partial charge in [0.05, 0.1) is 45.8 Å². The van der Waals surface area contributed by atoms with Gasteiger partial charge in [0.1, 0.15) is 41.4 Å². The van der Waals surface area contributed by atoms with Crippen LogP contribution in [-0.4, -0.2) is 145 Å². The van der Waals surface area contributed by atoms with Crippen molar-refractivity contribution in [2.45, 2.75) is 137 Å². The summed E-state index contributed by atoms with van der Waals surface area (Å²) in [5.41, 5.74) is 1.18. The van der Waals surface area contributed by atoms with Crippen LogP contribution >= 0.6 is 11.6 Å². The Labute approximate surface area is 476 Å². The number of phenols is 2.